The maximum atomic E-state index is 13.6. The summed E-state index contributed by atoms with van der Waals surface area (Å²) in [6, 6.07) is 12.3. The van der Waals surface area contributed by atoms with E-state index in [1.807, 2.05) is 38.1 Å². The Kier molecular flexibility index (Phi) is 2.42. The minimum Gasteiger partial charge on any atom is -0.454 e. The number of hydrogen-bond donors (Lipinski definition) is 0. The molecule has 0 saturated heterocycles. The molecular weight excluding hydrogens is 267 g/mol. The summed E-state index contributed by atoms with van der Waals surface area (Å²) in [5.74, 6) is 1.65. The average Bonchev–Trinajstić information content (AvgIpc) is 2.68. The summed E-state index contributed by atoms with van der Waals surface area (Å²) >= 11 is 0. The van der Waals surface area contributed by atoms with E-state index in [-0.39, 0.29) is 5.82 Å². The zero-order chi connectivity index (χ0) is 14.6. The first-order chi connectivity index (χ1) is 10.1. The Balaban J connectivity index is 2.14. The molecule has 1 aliphatic rings. The lowest BCUT2D eigenvalue weighted by Crippen LogP contribution is -1.98. The Bertz CT molecular complexity index is 867. The minimum atomic E-state index is -0.320. The third-order valence-corrected chi connectivity index (χ3v) is 3.86. The summed E-state index contributed by atoms with van der Waals surface area (Å²) in [5.41, 5.74) is 3.72. The number of para-hydroxylation sites is 2. The molecule has 0 atom stereocenters. The fourth-order valence-electron chi connectivity index (χ4n) is 2.70. The molecule has 2 heterocycles. The second kappa shape index (κ2) is 4.19. The van der Waals surface area contributed by atoms with Crippen LogP contribution >= 0.6 is 0 Å². The summed E-state index contributed by atoms with van der Waals surface area (Å²) in [7, 11) is 0. The molecule has 0 N–H and O–H groups in total. The molecule has 0 amide bonds. The fourth-order valence-corrected chi connectivity index (χ4v) is 2.70. The van der Waals surface area contributed by atoms with Crippen molar-refractivity contribution in [2.45, 2.75) is 13.8 Å². The van der Waals surface area contributed by atoms with Crippen LogP contribution in [-0.4, -0.2) is 9.55 Å². The third-order valence-electron chi connectivity index (χ3n) is 3.86. The lowest BCUT2D eigenvalue weighted by Gasteiger charge is -2.10. The van der Waals surface area contributed by atoms with Crippen LogP contribution in [0.3, 0.4) is 0 Å². The highest BCUT2D eigenvalue weighted by molar-refractivity contribution is 5.72. The minimum absolute atomic E-state index is 0.320. The Hall–Kier alpha value is -2.62. The molecule has 21 heavy (non-hydrogen) atoms. The fraction of sp³-hybridized carbons (Fsp3) is 0.118. The predicted molar refractivity (Wildman–Crippen MR) is 78.5 cm³/mol. The quantitative estimate of drug-likeness (QED) is 0.477. The predicted octanol–water partition coefficient (Wildman–Crippen LogP) is 4.40. The second-order valence-electron chi connectivity index (χ2n) is 5.15. The SMILES string of the molecule is Cc1nc2n(c1C)-c1ccccc1Oc1cc(F)ccc1-2. The lowest BCUT2D eigenvalue weighted by molar-refractivity contribution is 0.479. The van der Waals surface area contributed by atoms with Crippen LogP contribution in [0.1, 0.15) is 11.4 Å². The summed E-state index contributed by atoms with van der Waals surface area (Å²) in [6.45, 7) is 4.00. The zero-order valence-corrected chi connectivity index (χ0v) is 11.7. The third kappa shape index (κ3) is 1.69. The second-order valence-corrected chi connectivity index (χ2v) is 5.15. The van der Waals surface area contributed by atoms with Crippen molar-refractivity contribution in [2.75, 3.05) is 0 Å². The van der Waals surface area contributed by atoms with Crippen LogP contribution < -0.4 is 4.74 Å². The summed E-state index contributed by atoms with van der Waals surface area (Å²) in [6.07, 6.45) is 0. The Labute approximate surface area is 121 Å². The van der Waals surface area contributed by atoms with Gasteiger partial charge in [-0.05, 0) is 38.1 Å². The average molecular weight is 280 g/mol. The van der Waals surface area contributed by atoms with Gasteiger partial charge in [0.05, 0.1) is 16.9 Å². The van der Waals surface area contributed by atoms with Crippen LogP contribution in [0, 0.1) is 19.7 Å². The van der Waals surface area contributed by atoms with Crippen molar-refractivity contribution >= 4 is 0 Å². The maximum absolute atomic E-state index is 13.6. The van der Waals surface area contributed by atoms with Crippen LogP contribution in [0.25, 0.3) is 17.1 Å². The van der Waals surface area contributed by atoms with Crippen molar-refractivity contribution in [3.63, 3.8) is 0 Å². The van der Waals surface area contributed by atoms with Crippen molar-refractivity contribution in [1.29, 1.82) is 0 Å². The maximum Gasteiger partial charge on any atom is 0.151 e. The molecule has 0 spiro atoms. The van der Waals surface area contributed by atoms with E-state index >= 15 is 0 Å². The standard InChI is InChI=1S/C17H13FN2O/c1-10-11(2)20-14-5-3-4-6-15(14)21-16-9-12(18)7-8-13(16)17(20)19-10/h3-9H,1-2H3. The molecule has 4 rings (SSSR count). The van der Waals surface area contributed by atoms with Crippen molar-refractivity contribution < 1.29 is 9.13 Å². The number of aromatic nitrogens is 2. The van der Waals surface area contributed by atoms with Crippen LogP contribution in [0.5, 0.6) is 11.5 Å². The van der Waals surface area contributed by atoms with Gasteiger partial charge in [-0.15, -0.1) is 0 Å². The molecule has 3 nitrogen and oxygen atoms in total. The van der Waals surface area contributed by atoms with Gasteiger partial charge in [0.1, 0.15) is 17.4 Å². The first kappa shape index (κ1) is 12.1. The van der Waals surface area contributed by atoms with Crippen molar-refractivity contribution in [2.24, 2.45) is 0 Å². The van der Waals surface area contributed by atoms with Gasteiger partial charge in [-0.3, -0.25) is 4.57 Å². The van der Waals surface area contributed by atoms with Crippen LogP contribution in [0.15, 0.2) is 42.5 Å². The van der Waals surface area contributed by atoms with E-state index in [0.29, 0.717) is 11.5 Å². The molecule has 0 aliphatic carbocycles. The molecule has 0 saturated carbocycles. The first-order valence-corrected chi connectivity index (χ1v) is 6.78. The van der Waals surface area contributed by atoms with Gasteiger partial charge in [0.15, 0.2) is 5.75 Å². The van der Waals surface area contributed by atoms with Crippen molar-refractivity contribution in [3.05, 3.63) is 59.7 Å². The van der Waals surface area contributed by atoms with Crippen LogP contribution in [0.2, 0.25) is 0 Å². The molecule has 1 aliphatic heterocycles. The molecule has 0 fully saturated rings. The Morgan fingerprint density at radius 3 is 2.71 bits per heavy atom. The number of aryl methyl sites for hydroxylation is 1. The number of fused-ring (bicyclic) bond motifs is 5. The topological polar surface area (TPSA) is 27.1 Å². The van der Waals surface area contributed by atoms with Crippen molar-refractivity contribution in [3.8, 4) is 28.6 Å². The van der Waals surface area contributed by atoms with E-state index in [0.717, 1.165) is 28.5 Å². The van der Waals surface area contributed by atoms with E-state index in [1.165, 1.54) is 12.1 Å². The lowest BCUT2D eigenvalue weighted by atomic mass is 10.2. The Morgan fingerprint density at radius 1 is 1.05 bits per heavy atom. The molecule has 0 radical (unpaired) electrons. The molecule has 2 aromatic carbocycles. The normalized spacial score (nSPS) is 12.0. The van der Waals surface area contributed by atoms with Crippen LogP contribution in [-0.2, 0) is 0 Å². The van der Waals surface area contributed by atoms with E-state index in [2.05, 4.69) is 9.55 Å². The largest absolute Gasteiger partial charge is 0.454 e. The van der Waals surface area contributed by atoms with E-state index in [1.54, 1.807) is 6.07 Å². The number of ether oxygens (including phenoxy) is 1. The molecule has 3 aromatic rings. The molecule has 104 valence electrons. The number of benzene rings is 2. The highest BCUT2D eigenvalue weighted by atomic mass is 19.1. The van der Waals surface area contributed by atoms with E-state index in [4.69, 9.17) is 4.74 Å². The van der Waals surface area contributed by atoms with Crippen LogP contribution in [0.4, 0.5) is 4.39 Å². The van der Waals surface area contributed by atoms with Gasteiger partial charge < -0.3 is 4.74 Å². The number of halogens is 1. The number of imidazole rings is 1. The van der Waals surface area contributed by atoms with Crippen molar-refractivity contribution in [1.82, 2.24) is 9.55 Å². The van der Waals surface area contributed by atoms with Gasteiger partial charge in [0.2, 0.25) is 0 Å². The van der Waals surface area contributed by atoms with Gasteiger partial charge in [-0.2, -0.15) is 0 Å². The zero-order valence-electron chi connectivity index (χ0n) is 11.7. The summed E-state index contributed by atoms with van der Waals surface area (Å²) < 4.78 is 21.5. The van der Waals surface area contributed by atoms with Gasteiger partial charge in [-0.25, -0.2) is 9.37 Å². The highest BCUT2D eigenvalue weighted by Gasteiger charge is 2.24. The summed E-state index contributed by atoms with van der Waals surface area (Å²) in [5, 5.41) is 0. The van der Waals surface area contributed by atoms with E-state index in [9.17, 15) is 4.39 Å². The van der Waals surface area contributed by atoms with Gasteiger partial charge in [-0.1, -0.05) is 12.1 Å². The first-order valence-electron chi connectivity index (χ1n) is 6.78. The molecule has 0 unspecified atom stereocenters. The monoisotopic (exact) mass is 280 g/mol. The Morgan fingerprint density at radius 2 is 1.86 bits per heavy atom. The van der Waals surface area contributed by atoms with Gasteiger partial charge >= 0.3 is 0 Å². The molecule has 1 aromatic heterocycles. The smallest absolute Gasteiger partial charge is 0.151 e. The number of nitrogens with zero attached hydrogens (tertiary/aromatic N) is 2. The molecular formula is C17H13FN2O. The number of rotatable bonds is 0. The molecule has 0 bridgehead atoms. The number of hydrogen-bond acceptors (Lipinski definition) is 2. The highest BCUT2D eigenvalue weighted by Crippen LogP contribution is 2.42. The molecule has 4 heteroatoms. The van der Waals surface area contributed by atoms with Gasteiger partial charge in [0, 0.05) is 11.8 Å². The van der Waals surface area contributed by atoms with E-state index < -0.39 is 0 Å². The summed E-state index contributed by atoms with van der Waals surface area (Å²) in [4.78, 5) is 4.64. The van der Waals surface area contributed by atoms with Gasteiger partial charge in [0.25, 0.3) is 0 Å².